The summed E-state index contributed by atoms with van der Waals surface area (Å²) >= 11 is 12.3. The number of hydrogen-bond donors (Lipinski definition) is 1. The van der Waals surface area contributed by atoms with Crippen molar-refractivity contribution in [1.82, 2.24) is 5.32 Å². The van der Waals surface area contributed by atoms with Gasteiger partial charge in [-0.15, -0.1) is 0 Å². The van der Waals surface area contributed by atoms with Crippen LogP contribution < -0.4 is 5.32 Å². The summed E-state index contributed by atoms with van der Waals surface area (Å²) in [6, 6.07) is 16.9. The van der Waals surface area contributed by atoms with Crippen LogP contribution in [0.3, 0.4) is 0 Å². The second-order valence-electron chi connectivity index (χ2n) is 5.28. The Morgan fingerprint density at radius 3 is 2.48 bits per heavy atom. The van der Waals surface area contributed by atoms with Crippen LogP contribution in [0.4, 0.5) is 0 Å². The van der Waals surface area contributed by atoms with Crippen molar-refractivity contribution < 1.29 is 0 Å². The monoisotopic (exact) mass is 321 g/mol. The molecule has 0 spiro atoms. The quantitative estimate of drug-likeness (QED) is 0.743. The maximum atomic E-state index is 6.26. The van der Waals surface area contributed by atoms with Crippen molar-refractivity contribution in [3.8, 4) is 0 Å². The highest BCUT2D eigenvalue weighted by molar-refractivity contribution is 6.42. The van der Waals surface area contributed by atoms with Crippen LogP contribution >= 0.6 is 23.2 Å². The third-order valence-electron chi connectivity index (χ3n) is 3.77. The van der Waals surface area contributed by atoms with Crippen molar-refractivity contribution in [2.24, 2.45) is 0 Å². The van der Waals surface area contributed by atoms with E-state index < -0.39 is 0 Å². The summed E-state index contributed by atoms with van der Waals surface area (Å²) in [6.07, 6.45) is 4.30. The van der Waals surface area contributed by atoms with Gasteiger partial charge in [0.2, 0.25) is 0 Å². The van der Waals surface area contributed by atoms with E-state index in [0.717, 1.165) is 31.2 Å². The van der Waals surface area contributed by atoms with Crippen LogP contribution in [0.15, 0.2) is 48.5 Å². The number of halogens is 2. The van der Waals surface area contributed by atoms with Gasteiger partial charge in [0.1, 0.15) is 0 Å². The van der Waals surface area contributed by atoms with Crippen LogP contribution in [-0.2, 0) is 12.8 Å². The van der Waals surface area contributed by atoms with E-state index in [1.807, 2.05) is 19.2 Å². The second-order valence-corrected chi connectivity index (χ2v) is 6.07. The van der Waals surface area contributed by atoms with E-state index in [1.165, 1.54) is 5.56 Å². The van der Waals surface area contributed by atoms with Crippen molar-refractivity contribution >= 4 is 23.2 Å². The average molecular weight is 322 g/mol. The molecule has 0 saturated heterocycles. The van der Waals surface area contributed by atoms with Gasteiger partial charge in [-0.25, -0.2) is 0 Å². The topological polar surface area (TPSA) is 12.0 Å². The van der Waals surface area contributed by atoms with E-state index in [9.17, 15) is 0 Å². The summed E-state index contributed by atoms with van der Waals surface area (Å²) in [5.41, 5.74) is 2.51. The van der Waals surface area contributed by atoms with Gasteiger partial charge in [0.15, 0.2) is 0 Å². The fourth-order valence-corrected chi connectivity index (χ4v) is 2.91. The fourth-order valence-electron chi connectivity index (χ4n) is 2.52. The van der Waals surface area contributed by atoms with Gasteiger partial charge in [-0.2, -0.15) is 0 Å². The molecule has 0 aromatic heterocycles. The Bertz CT molecular complexity index is 554. The molecule has 0 aliphatic carbocycles. The summed E-state index contributed by atoms with van der Waals surface area (Å²) in [5, 5.41) is 4.70. The minimum absolute atomic E-state index is 0.421. The molecule has 0 amide bonds. The molecule has 1 atom stereocenters. The predicted molar refractivity (Wildman–Crippen MR) is 92.4 cm³/mol. The molecule has 112 valence electrons. The Morgan fingerprint density at radius 1 is 1.00 bits per heavy atom. The molecule has 1 N–H and O–H groups in total. The van der Waals surface area contributed by atoms with E-state index in [0.29, 0.717) is 16.1 Å². The number of nitrogens with one attached hydrogen (secondary N) is 1. The maximum Gasteiger partial charge on any atom is 0.0624 e. The molecule has 0 fully saturated rings. The van der Waals surface area contributed by atoms with Crippen molar-refractivity contribution in [2.45, 2.75) is 31.7 Å². The van der Waals surface area contributed by atoms with E-state index in [2.05, 4.69) is 41.7 Å². The lowest BCUT2D eigenvalue weighted by Crippen LogP contribution is -2.27. The Kier molecular flexibility index (Phi) is 6.56. The number of hydrogen-bond acceptors (Lipinski definition) is 1. The van der Waals surface area contributed by atoms with Crippen LogP contribution in [0.2, 0.25) is 10.0 Å². The molecule has 1 unspecified atom stereocenters. The zero-order valence-corrected chi connectivity index (χ0v) is 13.8. The smallest absolute Gasteiger partial charge is 0.0624 e. The number of benzene rings is 2. The molecule has 2 rings (SSSR count). The van der Waals surface area contributed by atoms with Crippen LogP contribution in [0.1, 0.15) is 24.0 Å². The van der Waals surface area contributed by atoms with Crippen LogP contribution in [-0.4, -0.2) is 13.1 Å². The molecule has 2 aromatic rings. The van der Waals surface area contributed by atoms with E-state index in [1.54, 1.807) is 0 Å². The van der Waals surface area contributed by atoms with E-state index in [4.69, 9.17) is 23.2 Å². The van der Waals surface area contributed by atoms with Gasteiger partial charge in [0.05, 0.1) is 10.0 Å². The Labute approximate surface area is 137 Å². The van der Waals surface area contributed by atoms with Gasteiger partial charge < -0.3 is 5.32 Å². The third-order valence-corrected chi connectivity index (χ3v) is 4.63. The van der Waals surface area contributed by atoms with Crippen LogP contribution in [0.5, 0.6) is 0 Å². The Hall–Kier alpha value is -1.02. The summed E-state index contributed by atoms with van der Waals surface area (Å²) in [4.78, 5) is 0. The largest absolute Gasteiger partial charge is 0.317 e. The van der Waals surface area contributed by atoms with Gasteiger partial charge in [-0.3, -0.25) is 0 Å². The predicted octanol–water partition coefficient (Wildman–Crippen LogP) is 5.15. The van der Waals surface area contributed by atoms with Crippen molar-refractivity contribution in [1.29, 1.82) is 0 Å². The number of likely N-dealkylation sites (N-methyl/N-ethyl adjacent to an activating group) is 1. The summed E-state index contributed by atoms with van der Waals surface area (Å²) in [7, 11) is 2.01. The van der Waals surface area contributed by atoms with Crippen LogP contribution in [0.25, 0.3) is 0 Å². The summed E-state index contributed by atoms with van der Waals surface area (Å²) in [5.74, 6) is 0. The highest BCUT2D eigenvalue weighted by Crippen LogP contribution is 2.27. The van der Waals surface area contributed by atoms with Gasteiger partial charge in [0.25, 0.3) is 0 Å². The first kappa shape index (κ1) is 16.4. The molecule has 0 radical (unpaired) electrons. The molecular formula is C18H21Cl2N. The second kappa shape index (κ2) is 8.43. The molecule has 3 heteroatoms. The standard InChI is InChI=1S/C18H21Cl2N/c1-21-16(11-5-9-14-7-3-2-4-8-14)13-15-10-6-12-17(19)18(15)20/h2-4,6-8,10,12,16,21H,5,9,11,13H2,1H3. The molecule has 0 saturated carbocycles. The zero-order chi connectivity index (χ0) is 15.1. The Balaban J connectivity index is 1.87. The highest BCUT2D eigenvalue weighted by Gasteiger charge is 2.11. The molecule has 0 bridgehead atoms. The summed E-state index contributed by atoms with van der Waals surface area (Å²) in [6.45, 7) is 0. The molecule has 0 aliphatic rings. The fraction of sp³-hybridized carbons (Fsp3) is 0.333. The highest BCUT2D eigenvalue weighted by atomic mass is 35.5. The maximum absolute atomic E-state index is 6.26. The first-order valence-corrected chi connectivity index (χ1v) is 8.10. The summed E-state index contributed by atoms with van der Waals surface area (Å²) < 4.78 is 0. The number of aryl methyl sites for hydroxylation is 1. The lowest BCUT2D eigenvalue weighted by Gasteiger charge is -2.17. The zero-order valence-electron chi connectivity index (χ0n) is 12.3. The minimum Gasteiger partial charge on any atom is -0.317 e. The molecular weight excluding hydrogens is 301 g/mol. The third kappa shape index (κ3) is 5.03. The normalized spacial score (nSPS) is 12.3. The van der Waals surface area contributed by atoms with Crippen molar-refractivity contribution in [2.75, 3.05) is 7.05 Å². The Morgan fingerprint density at radius 2 is 1.76 bits per heavy atom. The molecule has 0 aliphatic heterocycles. The van der Waals surface area contributed by atoms with Gasteiger partial charge >= 0.3 is 0 Å². The lowest BCUT2D eigenvalue weighted by atomic mass is 9.99. The van der Waals surface area contributed by atoms with Gasteiger partial charge in [-0.05, 0) is 49.9 Å². The molecule has 21 heavy (non-hydrogen) atoms. The van der Waals surface area contributed by atoms with E-state index >= 15 is 0 Å². The van der Waals surface area contributed by atoms with E-state index in [-0.39, 0.29) is 0 Å². The van der Waals surface area contributed by atoms with Gasteiger partial charge in [0, 0.05) is 6.04 Å². The van der Waals surface area contributed by atoms with Crippen molar-refractivity contribution in [3.05, 3.63) is 69.7 Å². The molecule has 2 aromatic carbocycles. The molecule has 0 heterocycles. The first-order chi connectivity index (χ1) is 10.2. The average Bonchev–Trinajstić information content (AvgIpc) is 2.51. The minimum atomic E-state index is 0.421. The lowest BCUT2D eigenvalue weighted by molar-refractivity contribution is 0.502. The first-order valence-electron chi connectivity index (χ1n) is 7.34. The van der Waals surface area contributed by atoms with Crippen LogP contribution in [0, 0.1) is 0 Å². The SMILES string of the molecule is CNC(CCCc1ccccc1)Cc1cccc(Cl)c1Cl. The number of rotatable bonds is 7. The van der Waals surface area contributed by atoms with Crippen molar-refractivity contribution in [3.63, 3.8) is 0 Å². The van der Waals surface area contributed by atoms with Gasteiger partial charge in [-0.1, -0.05) is 65.7 Å². The molecule has 1 nitrogen and oxygen atoms in total.